The SMILES string of the molecule is CCC(CC(C)=O)(c1ccc(Cl)cc1)n1ccc2c(NC(=O)OC(C)(C)C)cccc21. The maximum absolute atomic E-state index is 12.3. The summed E-state index contributed by atoms with van der Waals surface area (Å²) in [6, 6.07) is 15.3. The lowest BCUT2D eigenvalue weighted by Crippen LogP contribution is -2.36. The zero-order chi connectivity index (χ0) is 22.8. The third-order valence-electron chi connectivity index (χ3n) is 5.34. The van der Waals surface area contributed by atoms with Crippen LogP contribution >= 0.6 is 11.6 Å². The smallest absolute Gasteiger partial charge is 0.412 e. The second-order valence-corrected chi connectivity index (χ2v) is 9.26. The Morgan fingerprint density at radius 3 is 2.32 bits per heavy atom. The van der Waals surface area contributed by atoms with Gasteiger partial charge in [-0.05, 0) is 70.0 Å². The largest absolute Gasteiger partial charge is 0.444 e. The molecule has 0 aliphatic carbocycles. The predicted octanol–water partition coefficient (Wildman–Crippen LogP) is 6.77. The summed E-state index contributed by atoms with van der Waals surface area (Å²) < 4.78 is 7.54. The number of benzene rings is 2. The molecular weight excluding hydrogens is 412 g/mol. The number of hydrogen-bond donors (Lipinski definition) is 1. The number of nitrogens with one attached hydrogen (secondary N) is 1. The fourth-order valence-electron chi connectivity index (χ4n) is 4.06. The second kappa shape index (κ2) is 8.75. The molecule has 1 aromatic heterocycles. The topological polar surface area (TPSA) is 60.3 Å². The van der Waals surface area contributed by atoms with E-state index in [-0.39, 0.29) is 5.78 Å². The molecule has 1 N–H and O–H groups in total. The Balaban J connectivity index is 2.12. The van der Waals surface area contributed by atoms with Crippen LogP contribution in [0.5, 0.6) is 0 Å². The summed E-state index contributed by atoms with van der Waals surface area (Å²) >= 11 is 6.12. The second-order valence-electron chi connectivity index (χ2n) is 8.82. The van der Waals surface area contributed by atoms with E-state index in [2.05, 4.69) is 16.8 Å². The highest BCUT2D eigenvalue weighted by atomic mass is 35.5. The molecule has 1 unspecified atom stereocenters. The molecular formula is C25H29ClN2O3. The molecule has 6 heteroatoms. The monoisotopic (exact) mass is 440 g/mol. The summed E-state index contributed by atoms with van der Waals surface area (Å²) in [5.41, 5.74) is 1.44. The van der Waals surface area contributed by atoms with Crippen molar-refractivity contribution in [2.45, 2.75) is 58.6 Å². The number of nitrogens with zero attached hydrogens (tertiary/aromatic N) is 1. The molecule has 1 amide bonds. The van der Waals surface area contributed by atoms with Crippen molar-refractivity contribution in [2.75, 3.05) is 5.32 Å². The number of amides is 1. The van der Waals surface area contributed by atoms with Gasteiger partial charge in [-0.3, -0.25) is 10.1 Å². The maximum Gasteiger partial charge on any atom is 0.412 e. The van der Waals surface area contributed by atoms with E-state index in [0.29, 0.717) is 23.6 Å². The van der Waals surface area contributed by atoms with Crippen LogP contribution in [0, 0.1) is 0 Å². The molecule has 0 aliphatic rings. The van der Waals surface area contributed by atoms with Crippen LogP contribution < -0.4 is 5.32 Å². The highest BCUT2D eigenvalue weighted by Gasteiger charge is 2.35. The van der Waals surface area contributed by atoms with E-state index in [1.807, 2.05) is 75.5 Å². The van der Waals surface area contributed by atoms with Gasteiger partial charge in [-0.2, -0.15) is 0 Å². The average Bonchev–Trinajstić information content (AvgIpc) is 3.11. The third-order valence-corrected chi connectivity index (χ3v) is 5.59. The molecule has 31 heavy (non-hydrogen) atoms. The van der Waals surface area contributed by atoms with Crippen LogP contribution in [-0.4, -0.2) is 22.0 Å². The van der Waals surface area contributed by atoms with Crippen molar-refractivity contribution >= 4 is 40.1 Å². The lowest BCUT2D eigenvalue weighted by atomic mass is 9.82. The Morgan fingerprint density at radius 1 is 1.06 bits per heavy atom. The molecule has 2 aromatic carbocycles. The van der Waals surface area contributed by atoms with Gasteiger partial charge in [-0.1, -0.05) is 36.7 Å². The number of carbonyl (C=O) groups excluding carboxylic acids is 2. The number of halogens is 1. The first-order valence-electron chi connectivity index (χ1n) is 10.4. The molecule has 1 atom stereocenters. The highest BCUT2D eigenvalue weighted by Crippen LogP contribution is 2.39. The van der Waals surface area contributed by atoms with Gasteiger partial charge in [0.1, 0.15) is 11.4 Å². The average molecular weight is 441 g/mol. The zero-order valence-corrected chi connectivity index (χ0v) is 19.4. The van der Waals surface area contributed by atoms with Crippen LogP contribution in [0.15, 0.2) is 54.7 Å². The zero-order valence-electron chi connectivity index (χ0n) is 18.7. The molecule has 0 bridgehead atoms. The molecule has 0 aliphatic heterocycles. The normalized spacial score (nSPS) is 13.6. The molecule has 1 heterocycles. The number of ether oxygens (including phenoxy) is 1. The van der Waals surface area contributed by atoms with Gasteiger partial charge in [0, 0.05) is 23.0 Å². The molecule has 0 saturated carbocycles. The van der Waals surface area contributed by atoms with Gasteiger partial charge in [-0.25, -0.2) is 4.79 Å². The van der Waals surface area contributed by atoms with Gasteiger partial charge < -0.3 is 9.30 Å². The fraction of sp³-hybridized carbons (Fsp3) is 0.360. The molecule has 0 fully saturated rings. The Kier molecular flexibility index (Phi) is 6.46. The number of aromatic nitrogens is 1. The van der Waals surface area contributed by atoms with Gasteiger partial charge in [0.25, 0.3) is 0 Å². The fourth-order valence-corrected chi connectivity index (χ4v) is 4.19. The van der Waals surface area contributed by atoms with E-state index in [0.717, 1.165) is 16.5 Å². The minimum atomic E-state index is -0.586. The summed E-state index contributed by atoms with van der Waals surface area (Å²) in [6.07, 6.45) is 2.53. The van der Waals surface area contributed by atoms with Crippen molar-refractivity contribution in [3.05, 3.63) is 65.3 Å². The first kappa shape index (κ1) is 22.9. The van der Waals surface area contributed by atoms with Gasteiger partial charge in [-0.15, -0.1) is 0 Å². The van der Waals surface area contributed by atoms with E-state index in [4.69, 9.17) is 16.3 Å². The molecule has 0 spiro atoms. The molecule has 0 radical (unpaired) electrons. The van der Waals surface area contributed by atoms with Crippen LogP contribution in [0.25, 0.3) is 10.9 Å². The minimum Gasteiger partial charge on any atom is -0.444 e. The van der Waals surface area contributed by atoms with Gasteiger partial charge in [0.05, 0.1) is 16.7 Å². The first-order valence-corrected chi connectivity index (χ1v) is 10.8. The summed E-state index contributed by atoms with van der Waals surface area (Å²) in [5.74, 6) is 0.0988. The highest BCUT2D eigenvalue weighted by molar-refractivity contribution is 6.30. The third kappa shape index (κ3) is 4.93. The van der Waals surface area contributed by atoms with E-state index < -0.39 is 17.2 Å². The Bertz CT molecular complexity index is 1100. The molecule has 164 valence electrons. The lowest BCUT2D eigenvalue weighted by Gasteiger charge is -2.36. The van der Waals surface area contributed by atoms with Gasteiger partial charge in [0.2, 0.25) is 0 Å². The van der Waals surface area contributed by atoms with Crippen LogP contribution in [-0.2, 0) is 15.1 Å². The van der Waals surface area contributed by atoms with Crippen LogP contribution in [0.3, 0.4) is 0 Å². The number of Topliss-reactive ketones (excluding diaryl/α,β-unsaturated/α-hetero) is 1. The van der Waals surface area contributed by atoms with Gasteiger partial charge in [0.15, 0.2) is 0 Å². The standard InChI is InChI=1S/C25H29ClN2O3/c1-6-25(16-17(2)29,18-10-12-19(26)13-11-18)28-15-14-20-21(8-7-9-22(20)28)27-23(30)31-24(3,4)5/h7-15H,6,16H2,1-5H3,(H,27,30). The van der Waals surface area contributed by atoms with Crippen LogP contribution in [0.4, 0.5) is 10.5 Å². The number of anilines is 1. The van der Waals surface area contributed by atoms with Crippen molar-refractivity contribution in [1.29, 1.82) is 0 Å². The minimum absolute atomic E-state index is 0.0988. The summed E-state index contributed by atoms with van der Waals surface area (Å²) in [7, 11) is 0. The van der Waals surface area contributed by atoms with Crippen molar-refractivity contribution in [2.24, 2.45) is 0 Å². The molecule has 0 saturated heterocycles. The summed E-state index contributed by atoms with van der Waals surface area (Å²) in [6.45, 7) is 9.17. The maximum atomic E-state index is 12.3. The molecule has 3 rings (SSSR count). The van der Waals surface area contributed by atoms with Crippen molar-refractivity contribution in [3.8, 4) is 0 Å². The Morgan fingerprint density at radius 2 is 1.74 bits per heavy atom. The van der Waals surface area contributed by atoms with E-state index in [1.165, 1.54) is 0 Å². The lowest BCUT2D eigenvalue weighted by molar-refractivity contribution is -0.118. The first-order chi connectivity index (χ1) is 14.6. The van der Waals surface area contributed by atoms with Crippen molar-refractivity contribution in [3.63, 3.8) is 0 Å². The van der Waals surface area contributed by atoms with Gasteiger partial charge >= 0.3 is 6.09 Å². The summed E-state index contributed by atoms with van der Waals surface area (Å²) in [5, 5.41) is 4.38. The number of rotatable bonds is 6. The van der Waals surface area contributed by atoms with E-state index in [9.17, 15) is 9.59 Å². The predicted molar refractivity (Wildman–Crippen MR) is 126 cm³/mol. The van der Waals surface area contributed by atoms with Crippen molar-refractivity contribution in [1.82, 2.24) is 4.57 Å². The molecule has 5 nitrogen and oxygen atoms in total. The Labute approximate surface area is 188 Å². The van der Waals surface area contributed by atoms with E-state index >= 15 is 0 Å². The quantitative estimate of drug-likeness (QED) is 0.459. The van der Waals surface area contributed by atoms with E-state index in [1.54, 1.807) is 6.92 Å². The van der Waals surface area contributed by atoms with Crippen molar-refractivity contribution < 1.29 is 14.3 Å². The number of carbonyl (C=O) groups is 2. The Hall–Kier alpha value is -2.79. The summed E-state index contributed by atoms with van der Waals surface area (Å²) in [4.78, 5) is 24.7. The number of fused-ring (bicyclic) bond motifs is 1. The van der Waals surface area contributed by atoms with Crippen LogP contribution in [0.2, 0.25) is 5.02 Å². The number of ketones is 1. The molecule has 3 aromatic rings. The number of hydrogen-bond acceptors (Lipinski definition) is 3. The van der Waals surface area contributed by atoms with Crippen LogP contribution in [0.1, 0.15) is 53.0 Å².